The van der Waals surface area contributed by atoms with Crippen molar-refractivity contribution in [3.05, 3.63) is 29.8 Å². The third kappa shape index (κ3) is 3.91. The van der Waals surface area contributed by atoms with Gasteiger partial charge in [0.25, 0.3) is 0 Å². The lowest BCUT2D eigenvalue weighted by molar-refractivity contribution is 0.303. The largest absolute Gasteiger partial charge is 0.301 e. The van der Waals surface area contributed by atoms with Crippen molar-refractivity contribution < 1.29 is 17.2 Å². The molecule has 1 aliphatic heterocycles. The smallest absolute Gasteiger partial charge is 0.246 e. The molecular formula is C13H17ClF2N2O2S. The van der Waals surface area contributed by atoms with Gasteiger partial charge in [0.1, 0.15) is 16.5 Å². The number of halogens is 3. The minimum absolute atomic E-state index is 0.274. The number of hydrogen-bond donors (Lipinski definition) is 0. The van der Waals surface area contributed by atoms with Crippen molar-refractivity contribution in [1.29, 1.82) is 0 Å². The normalized spacial score (nSPS) is 18.6. The van der Waals surface area contributed by atoms with Crippen LogP contribution in [0, 0.1) is 11.6 Å². The maximum Gasteiger partial charge on any atom is 0.246 e. The minimum atomic E-state index is -3.94. The molecule has 0 atom stereocenters. The van der Waals surface area contributed by atoms with Crippen molar-refractivity contribution in [3.8, 4) is 0 Å². The van der Waals surface area contributed by atoms with E-state index in [-0.39, 0.29) is 6.54 Å². The molecule has 1 aliphatic rings. The van der Waals surface area contributed by atoms with E-state index in [4.69, 9.17) is 11.6 Å². The molecule has 21 heavy (non-hydrogen) atoms. The van der Waals surface area contributed by atoms with E-state index in [0.29, 0.717) is 38.0 Å². The molecule has 0 amide bonds. The van der Waals surface area contributed by atoms with Gasteiger partial charge in [-0.05, 0) is 25.1 Å². The Bertz CT molecular complexity index is 598. The predicted molar refractivity (Wildman–Crippen MR) is 76.9 cm³/mol. The van der Waals surface area contributed by atoms with Crippen LogP contribution in [0.1, 0.15) is 6.42 Å². The molecule has 0 unspecified atom stereocenters. The van der Waals surface area contributed by atoms with Crippen LogP contribution in [0.2, 0.25) is 0 Å². The van der Waals surface area contributed by atoms with Crippen LogP contribution in [0.5, 0.6) is 0 Å². The van der Waals surface area contributed by atoms with Crippen LogP contribution in [0.4, 0.5) is 8.78 Å². The summed E-state index contributed by atoms with van der Waals surface area (Å²) in [4.78, 5) is 1.60. The SMILES string of the molecule is O=S(=O)(c1ccc(F)cc1F)N1CCCN(CCCl)CC1. The van der Waals surface area contributed by atoms with Crippen molar-refractivity contribution >= 4 is 21.6 Å². The summed E-state index contributed by atoms with van der Waals surface area (Å²) in [6.07, 6.45) is 0.652. The van der Waals surface area contributed by atoms with Crippen LogP contribution in [-0.4, -0.2) is 56.2 Å². The van der Waals surface area contributed by atoms with Gasteiger partial charge in [-0.2, -0.15) is 4.31 Å². The molecule has 1 fully saturated rings. The molecular weight excluding hydrogens is 322 g/mol. The second-order valence-electron chi connectivity index (χ2n) is 4.86. The molecule has 0 aromatic heterocycles. The summed E-state index contributed by atoms with van der Waals surface area (Å²) in [6, 6.07) is 2.51. The average Bonchev–Trinajstić information content (AvgIpc) is 2.65. The topological polar surface area (TPSA) is 40.6 Å². The third-order valence-electron chi connectivity index (χ3n) is 3.46. The first kappa shape index (κ1) is 16.6. The van der Waals surface area contributed by atoms with Gasteiger partial charge < -0.3 is 4.90 Å². The number of alkyl halides is 1. The van der Waals surface area contributed by atoms with Crippen LogP contribution in [-0.2, 0) is 10.0 Å². The second-order valence-corrected chi connectivity index (χ2v) is 7.15. The van der Waals surface area contributed by atoms with Crippen LogP contribution in [0.25, 0.3) is 0 Å². The molecule has 0 aliphatic carbocycles. The van der Waals surface area contributed by atoms with Gasteiger partial charge in [-0.3, -0.25) is 0 Å². The first-order chi connectivity index (χ1) is 9.95. The standard InChI is InChI=1S/C13H17ClF2N2O2S/c14-4-7-17-5-1-6-18(9-8-17)21(19,20)13-3-2-11(15)10-12(13)16/h2-3,10H,1,4-9H2. The fourth-order valence-electron chi connectivity index (χ4n) is 2.35. The Balaban J connectivity index is 2.19. The van der Waals surface area contributed by atoms with Crippen molar-refractivity contribution in [1.82, 2.24) is 9.21 Å². The molecule has 8 heteroatoms. The number of sulfonamides is 1. The summed E-state index contributed by atoms with van der Waals surface area (Å²) in [5, 5.41) is 0. The van der Waals surface area contributed by atoms with E-state index in [1.54, 1.807) is 0 Å². The van der Waals surface area contributed by atoms with E-state index in [0.717, 1.165) is 18.7 Å². The Labute approximate surface area is 128 Å². The summed E-state index contributed by atoms with van der Waals surface area (Å²) in [5.41, 5.74) is 0. The van der Waals surface area contributed by atoms with Crippen LogP contribution in [0.3, 0.4) is 0 Å². The molecule has 118 valence electrons. The highest BCUT2D eigenvalue weighted by Gasteiger charge is 2.29. The van der Waals surface area contributed by atoms with Crippen molar-refractivity contribution in [2.75, 3.05) is 38.6 Å². The first-order valence-electron chi connectivity index (χ1n) is 6.68. The minimum Gasteiger partial charge on any atom is -0.301 e. The highest BCUT2D eigenvalue weighted by Crippen LogP contribution is 2.21. The Morgan fingerprint density at radius 1 is 1.14 bits per heavy atom. The summed E-state index contributed by atoms with van der Waals surface area (Å²) in [5.74, 6) is -1.37. The Morgan fingerprint density at radius 2 is 1.90 bits per heavy atom. The Kier molecular flexibility index (Phi) is 5.54. The summed E-state index contributed by atoms with van der Waals surface area (Å²) < 4.78 is 52.8. The zero-order chi connectivity index (χ0) is 15.5. The van der Waals surface area contributed by atoms with Crippen molar-refractivity contribution in [2.24, 2.45) is 0 Å². The fourth-order valence-corrected chi connectivity index (χ4v) is 4.11. The average molecular weight is 339 g/mol. The molecule has 0 radical (unpaired) electrons. The first-order valence-corrected chi connectivity index (χ1v) is 8.66. The van der Waals surface area contributed by atoms with E-state index in [2.05, 4.69) is 4.90 Å². The van der Waals surface area contributed by atoms with Gasteiger partial charge in [0.15, 0.2) is 0 Å². The number of hydrogen-bond acceptors (Lipinski definition) is 3. The molecule has 0 saturated carbocycles. The molecule has 0 N–H and O–H groups in total. The van der Waals surface area contributed by atoms with Crippen molar-refractivity contribution in [2.45, 2.75) is 11.3 Å². The van der Waals surface area contributed by atoms with Gasteiger partial charge in [0, 0.05) is 38.1 Å². The molecule has 1 heterocycles. The quantitative estimate of drug-likeness (QED) is 0.787. The van der Waals surface area contributed by atoms with Gasteiger partial charge in [0.05, 0.1) is 0 Å². The second kappa shape index (κ2) is 7.00. The third-order valence-corrected chi connectivity index (χ3v) is 5.56. The maximum absolute atomic E-state index is 13.7. The van der Waals surface area contributed by atoms with Gasteiger partial charge in [-0.1, -0.05) is 0 Å². The monoisotopic (exact) mass is 338 g/mol. The predicted octanol–water partition coefficient (Wildman–Crippen LogP) is 1.90. The van der Waals surface area contributed by atoms with Crippen molar-refractivity contribution in [3.63, 3.8) is 0 Å². The van der Waals surface area contributed by atoms with Gasteiger partial charge in [-0.25, -0.2) is 17.2 Å². The molecule has 1 aromatic rings. The van der Waals surface area contributed by atoms with Gasteiger partial charge in [-0.15, -0.1) is 11.6 Å². The van der Waals surface area contributed by atoms with Gasteiger partial charge >= 0.3 is 0 Å². The lowest BCUT2D eigenvalue weighted by Crippen LogP contribution is -2.36. The van der Waals surface area contributed by atoms with E-state index in [1.165, 1.54) is 4.31 Å². The highest BCUT2D eigenvalue weighted by molar-refractivity contribution is 7.89. The number of benzene rings is 1. The summed E-state index contributed by atoms with van der Waals surface area (Å²) in [7, 11) is -3.94. The maximum atomic E-state index is 13.7. The van der Waals surface area contributed by atoms with E-state index >= 15 is 0 Å². The van der Waals surface area contributed by atoms with E-state index in [9.17, 15) is 17.2 Å². The summed E-state index contributed by atoms with van der Waals surface area (Å²) in [6.45, 7) is 2.59. The lowest BCUT2D eigenvalue weighted by atomic mass is 10.3. The molecule has 2 rings (SSSR count). The lowest BCUT2D eigenvalue weighted by Gasteiger charge is -2.21. The zero-order valence-corrected chi connectivity index (χ0v) is 13.0. The van der Waals surface area contributed by atoms with Crippen LogP contribution < -0.4 is 0 Å². The van der Waals surface area contributed by atoms with E-state index in [1.807, 2.05) is 0 Å². The molecule has 4 nitrogen and oxygen atoms in total. The number of nitrogens with zero attached hydrogens (tertiary/aromatic N) is 2. The fraction of sp³-hybridized carbons (Fsp3) is 0.538. The highest BCUT2D eigenvalue weighted by atomic mass is 35.5. The molecule has 1 aromatic carbocycles. The number of rotatable bonds is 4. The van der Waals surface area contributed by atoms with E-state index < -0.39 is 26.6 Å². The molecule has 0 spiro atoms. The molecule has 1 saturated heterocycles. The molecule has 0 bridgehead atoms. The Morgan fingerprint density at radius 3 is 2.57 bits per heavy atom. The van der Waals surface area contributed by atoms with Gasteiger partial charge in [0.2, 0.25) is 10.0 Å². The van der Waals surface area contributed by atoms with Crippen LogP contribution in [0.15, 0.2) is 23.1 Å². The Hall–Kier alpha value is -0.760. The van der Waals surface area contributed by atoms with Crippen LogP contribution >= 0.6 is 11.6 Å². The zero-order valence-electron chi connectivity index (χ0n) is 11.4. The summed E-state index contributed by atoms with van der Waals surface area (Å²) >= 11 is 5.69.